The number of rotatable bonds is 2. The summed E-state index contributed by atoms with van der Waals surface area (Å²) in [5.74, 6) is 0.830. The molecule has 2 aromatic rings. The van der Waals surface area contributed by atoms with Crippen molar-refractivity contribution in [3.63, 3.8) is 0 Å². The summed E-state index contributed by atoms with van der Waals surface area (Å²) in [5, 5.41) is 9.07. The van der Waals surface area contributed by atoms with Crippen LogP contribution < -0.4 is 4.74 Å². The molecule has 0 saturated carbocycles. The maximum Gasteiger partial charge on any atom is 0.416 e. The largest absolute Gasteiger partial charge is 0.508 e. The molecule has 1 N–H and O–H groups in total. The van der Waals surface area contributed by atoms with Crippen LogP contribution in [0.15, 0.2) is 48.5 Å². The summed E-state index contributed by atoms with van der Waals surface area (Å²) >= 11 is 0. The smallest absolute Gasteiger partial charge is 0.416 e. The molecule has 0 radical (unpaired) electrons. The average Bonchev–Trinajstić information content (AvgIpc) is 2.63. The van der Waals surface area contributed by atoms with Crippen LogP contribution in [0.2, 0.25) is 0 Å². The van der Waals surface area contributed by atoms with Gasteiger partial charge in [-0.1, -0.05) is 0 Å². The maximum atomic E-state index is 12.3. The first-order valence-electron chi connectivity index (χ1n) is 8.89. The lowest BCUT2D eigenvalue weighted by atomic mass is 10.2. The van der Waals surface area contributed by atoms with E-state index in [9.17, 15) is 13.2 Å². The van der Waals surface area contributed by atoms with E-state index in [1.54, 1.807) is 0 Å². The second-order valence-electron chi connectivity index (χ2n) is 7.15. The molecule has 4 bridgehead atoms. The van der Waals surface area contributed by atoms with E-state index < -0.39 is 11.7 Å². The predicted molar refractivity (Wildman–Crippen MR) is 96.2 cm³/mol. The molecule has 0 aromatic heterocycles. The fourth-order valence-corrected chi connectivity index (χ4v) is 3.60. The normalized spacial score (nSPS) is 27.8. The third kappa shape index (κ3) is 4.56. The monoisotopic (exact) mass is 394 g/mol. The highest BCUT2D eigenvalue weighted by Gasteiger charge is 2.36. The van der Waals surface area contributed by atoms with Gasteiger partial charge in [0.15, 0.2) is 0 Å². The number of alkyl halides is 3. The van der Waals surface area contributed by atoms with Crippen LogP contribution >= 0.6 is 0 Å². The van der Waals surface area contributed by atoms with Crippen LogP contribution in [0.3, 0.4) is 0 Å². The Morgan fingerprint density at radius 2 is 1.00 bits per heavy atom. The highest BCUT2D eigenvalue weighted by Crippen LogP contribution is 2.31. The Hall–Kier alpha value is -2.33. The molecule has 0 spiro atoms. The van der Waals surface area contributed by atoms with Crippen molar-refractivity contribution in [3.8, 4) is 17.2 Å². The van der Waals surface area contributed by atoms with E-state index >= 15 is 0 Å². The van der Waals surface area contributed by atoms with Gasteiger partial charge in [-0.2, -0.15) is 13.2 Å². The van der Waals surface area contributed by atoms with Crippen molar-refractivity contribution in [2.75, 3.05) is 40.0 Å². The van der Waals surface area contributed by atoms with E-state index in [0.29, 0.717) is 11.5 Å². The van der Waals surface area contributed by atoms with Crippen LogP contribution in [-0.2, 0) is 6.18 Å². The number of halogens is 3. The van der Waals surface area contributed by atoms with Crippen LogP contribution in [0.4, 0.5) is 13.2 Å². The number of aromatic hydroxyl groups is 1. The zero-order valence-corrected chi connectivity index (χ0v) is 15.1. The first kappa shape index (κ1) is 19.0. The number of ether oxygens (including phenoxy) is 1. The number of benzene rings is 2. The molecule has 0 amide bonds. The summed E-state index contributed by atoms with van der Waals surface area (Å²) < 4.78 is 42.3. The zero-order chi connectivity index (χ0) is 19.7. The molecule has 0 atom stereocenters. The summed E-state index contributed by atoms with van der Waals surface area (Å²) in [6.07, 6.45) is -4.35. The Kier molecular flexibility index (Phi) is 5.15. The SMILES string of the molecule is C1N2CN3CN1CN(C2)C3.Oc1ccc(Oc2ccc(C(F)(F)F)cc2)cc1. The summed E-state index contributed by atoms with van der Waals surface area (Å²) in [6.45, 7) is 7.12. The molecular weight excluding hydrogens is 373 g/mol. The Morgan fingerprint density at radius 3 is 1.36 bits per heavy atom. The second kappa shape index (κ2) is 7.59. The molecule has 6 nitrogen and oxygen atoms in total. The van der Waals surface area contributed by atoms with Crippen molar-refractivity contribution in [1.82, 2.24) is 19.6 Å². The standard InChI is InChI=1S/C13H9F3O2.C6H12N4/c14-13(15,16)9-1-5-11(6-2-9)18-12-7-3-10(17)4-8-12;1-7-2-9-4-8(1)5-10(3-7)6-9/h1-8,17H;1-6H2. The number of hydrogen-bond donors (Lipinski definition) is 1. The molecule has 0 unspecified atom stereocenters. The number of phenolic OH excluding ortho intramolecular Hbond substituents is 1. The lowest BCUT2D eigenvalue weighted by Gasteiger charge is -2.56. The van der Waals surface area contributed by atoms with Gasteiger partial charge in [-0.15, -0.1) is 0 Å². The third-order valence-electron chi connectivity index (χ3n) is 4.65. The van der Waals surface area contributed by atoms with E-state index in [1.807, 2.05) is 0 Å². The van der Waals surface area contributed by atoms with Gasteiger partial charge in [-0.3, -0.25) is 19.6 Å². The minimum atomic E-state index is -4.35. The summed E-state index contributed by atoms with van der Waals surface area (Å²) in [7, 11) is 0. The van der Waals surface area contributed by atoms with Gasteiger partial charge in [0.25, 0.3) is 0 Å². The van der Waals surface area contributed by atoms with Crippen molar-refractivity contribution >= 4 is 0 Å². The number of hydrogen-bond acceptors (Lipinski definition) is 6. The minimum Gasteiger partial charge on any atom is -0.508 e. The predicted octanol–water partition coefficient (Wildman–Crippen LogP) is 3.18. The highest BCUT2D eigenvalue weighted by atomic mass is 19.4. The van der Waals surface area contributed by atoms with Gasteiger partial charge in [0.2, 0.25) is 0 Å². The number of nitrogens with zero attached hydrogens (tertiary/aromatic N) is 4. The molecular formula is C19H21F3N4O2. The molecule has 0 aliphatic carbocycles. The van der Waals surface area contributed by atoms with Crippen molar-refractivity contribution in [3.05, 3.63) is 54.1 Å². The molecule has 6 rings (SSSR count). The Labute approximate surface area is 160 Å². The van der Waals surface area contributed by atoms with Gasteiger partial charge in [0.1, 0.15) is 17.2 Å². The van der Waals surface area contributed by atoms with Crippen LogP contribution in [0.1, 0.15) is 5.56 Å². The lowest BCUT2D eigenvalue weighted by Crippen LogP contribution is -2.71. The van der Waals surface area contributed by atoms with Crippen molar-refractivity contribution in [1.29, 1.82) is 0 Å². The summed E-state index contributed by atoms with van der Waals surface area (Å²) in [6, 6.07) is 10.3. The molecule has 2 aromatic carbocycles. The van der Waals surface area contributed by atoms with Crippen LogP contribution in [0, 0.1) is 0 Å². The molecule has 28 heavy (non-hydrogen) atoms. The highest BCUT2D eigenvalue weighted by molar-refractivity contribution is 5.36. The molecule has 150 valence electrons. The Balaban J connectivity index is 0.000000159. The quantitative estimate of drug-likeness (QED) is 0.844. The minimum absolute atomic E-state index is 0.0924. The summed E-state index contributed by atoms with van der Waals surface area (Å²) in [4.78, 5) is 9.88. The Bertz CT molecular complexity index is 740. The first-order chi connectivity index (χ1) is 13.3. The van der Waals surface area contributed by atoms with Crippen molar-refractivity contribution in [2.24, 2.45) is 0 Å². The number of phenols is 1. The topological polar surface area (TPSA) is 42.4 Å². The van der Waals surface area contributed by atoms with E-state index in [-0.39, 0.29) is 5.75 Å². The zero-order valence-electron chi connectivity index (χ0n) is 15.1. The van der Waals surface area contributed by atoms with Crippen LogP contribution in [-0.4, -0.2) is 64.7 Å². The average molecular weight is 394 g/mol. The van der Waals surface area contributed by atoms with Gasteiger partial charge in [0.05, 0.1) is 45.6 Å². The lowest BCUT2D eigenvalue weighted by molar-refractivity contribution is -0.194. The van der Waals surface area contributed by atoms with Gasteiger partial charge < -0.3 is 9.84 Å². The third-order valence-corrected chi connectivity index (χ3v) is 4.65. The molecule has 4 fully saturated rings. The molecule has 4 heterocycles. The maximum absolute atomic E-state index is 12.3. The fraction of sp³-hybridized carbons (Fsp3) is 0.368. The van der Waals surface area contributed by atoms with E-state index in [4.69, 9.17) is 9.84 Å². The van der Waals surface area contributed by atoms with Gasteiger partial charge in [-0.05, 0) is 48.5 Å². The van der Waals surface area contributed by atoms with E-state index in [2.05, 4.69) is 19.6 Å². The van der Waals surface area contributed by atoms with Gasteiger partial charge >= 0.3 is 6.18 Å². The van der Waals surface area contributed by atoms with Crippen molar-refractivity contribution < 1.29 is 23.0 Å². The molecule has 4 aliphatic heterocycles. The van der Waals surface area contributed by atoms with Crippen LogP contribution in [0.5, 0.6) is 17.2 Å². The Morgan fingerprint density at radius 1 is 0.643 bits per heavy atom. The first-order valence-corrected chi connectivity index (χ1v) is 8.89. The molecule has 9 heteroatoms. The fourth-order valence-electron chi connectivity index (χ4n) is 3.60. The van der Waals surface area contributed by atoms with Gasteiger partial charge in [-0.25, -0.2) is 0 Å². The molecule has 4 aliphatic rings. The van der Waals surface area contributed by atoms with E-state index in [0.717, 1.165) is 12.1 Å². The van der Waals surface area contributed by atoms with Gasteiger partial charge in [0, 0.05) is 0 Å². The molecule has 4 saturated heterocycles. The van der Waals surface area contributed by atoms with E-state index in [1.165, 1.54) is 76.4 Å². The second-order valence-corrected chi connectivity index (χ2v) is 7.15. The van der Waals surface area contributed by atoms with Crippen molar-refractivity contribution in [2.45, 2.75) is 6.18 Å². The summed E-state index contributed by atoms with van der Waals surface area (Å²) in [5.41, 5.74) is -0.722. The van der Waals surface area contributed by atoms with Crippen LogP contribution in [0.25, 0.3) is 0 Å².